The molecule has 2 rings (SSSR count). The molecule has 1 aliphatic rings. The fourth-order valence-electron chi connectivity index (χ4n) is 2.18. The number of thiophene rings is 1. The van der Waals surface area contributed by atoms with E-state index in [-0.39, 0.29) is 5.91 Å². The van der Waals surface area contributed by atoms with Gasteiger partial charge in [-0.15, -0.1) is 11.3 Å². The Labute approximate surface area is 113 Å². The highest BCUT2D eigenvalue weighted by Gasteiger charge is 2.22. The fourth-order valence-corrected chi connectivity index (χ4v) is 2.88. The molecule has 0 aromatic carbocycles. The van der Waals surface area contributed by atoms with Gasteiger partial charge in [0.25, 0.3) is 0 Å². The molecule has 0 aliphatic carbocycles. The molecule has 1 N–H and O–H groups in total. The van der Waals surface area contributed by atoms with Crippen LogP contribution in [0.4, 0.5) is 0 Å². The van der Waals surface area contributed by atoms with Gasteiger partial charge >= 0.3 is 0 Å². The van der Waals surface area contributed by atoms with Gasteiger partial charge in [0.2, 0.25) is 5.91 Å². The predicted octanol–water partition coefficient (Wildman–Crippen LogP) is 0.653. The topological polar surface area (TPSA) is 35.6 Å². The van der Waals surface area contributed by atoms with Crippen molar-refractivity contribution in [3.8, 4) is 0 Å². The van der Waals surface area contributed by atoms with Crippen molar-refractivity contribution in [3.05, 3.63) is 22.4 Å². The minimum Gasteiger partial charge on any atom is -0.344 e. The molecule has 1 aromatic rings. The lowest BCUT2D eigenvalue weighted by Crippen LogP contribution is -2.54. The van der Waals surface area contributed by atoms with Crippen LogP contribution in [0.5, 0.6) is 0 Å². The highest BCUT2D eigenvalue weighted by molar-refractivity contribution is 7.10. The van der Waals surface area contributed by atoms with Crippen LogP contribution in [-0.4, -0.2) is 62.0 Å². The van der Waals surface area contributed by atoms with E-state index in [2.05, 4.69) is 17.3 Å². The van der Waals surface area contributed by atoms with Crippen molar-refractivity contribution in [2.24, 2.45) is 0 Å². The summed E-state index contributed by atoms with van der Waals surface area (Å²) in [4.78, 5) is 17.4. The summed E-state index contributed by atoms with van der Waals surface area (Å²) < 4.78 is 0. The molecule has 2 heterocycles. The maximum absolute atomic E-state index is 12.1. The van der Waals surface area contributed by atoms with Gasteiger partial charge in [-0.25, -0.2) is 0 Å². The summed E-state index contributed by atoms with van der Waals surface area (Å²) in [5.74, 6) is 0.205. The van der Waals surface area contributed by atoms with E-state index in [9.17, 15) is 4.79 Å². The van der Waals surface area contributed by atoms with Crippen LogP contribution in [0.25, 0.3) is 0 Å². The van der Waals surface area contributed by atoms with Crippen LogP contribution in [0.15, 0.2) is 17.5 Å². The second kappa shape index (κ2) is 6.31. The lowest BCUT2D eigenvalue weighted by atomic mass is 10.2. The van der Waals surface area contributed by atoms with E-state index in [0.717, 1.165) is 31.1 Å². The van der Waals surface area contributed by atoms with Crippen LogP contribution in [0.3, 0.4) is 0 Å². The molecule has 18 heavy (non-hydrogen) atoms. The Morgan fingerprint density at radius 1 is 1.67 bits per heavy atom. The van der Waals surface area contributed by atoms with Gasteiger partial charge in [-0.1, -0.05) is 6.07 Å². The second-order valence-corrected chi connectivity index (χ2v) is 5.90. The first-order valence-electron chi connectivity index (χ1n) is 6.34. The van der Waals surface area contributed by atoms with E-state index in [1.807, 2.05) is 29.5 Å². The van der Waals surface area contributed by atoms with Gasteiger partial charge in [-0.2, -0.15) is 0 Å². The van der Waals surface area contributed by atoms with Crippen LogP contribution in [-0.2, 0) is 11.2 Å². The third-order valence-electron chi connectivity index (χ3n) is 3.46. The number of nitrogens with zero attached hydrogens (tertiary/aromatic N) is 2. The molecule has 1 saturated heterocycles. The summed E-state index contributed by atoms with van der Waals surface area (Å²) in [5.41, 5.74) is 0. The highest BCUT2D eigenvalue weighted by Crippen LogP contribution is 2.11. The number of carbonyl (C=O) groups is 1. The lowest BCUT2D eigenvalue weighted by molar-refractivity contribution is -0.129. The standard InChI is InChI=1S/C13H21N3OS/c1-15-6-5-14-9-11(15)10-16(2)13(17)8-12-4-3-7-18-12/h3-4,7,11,14H,5-6,8-10H2,1-2H3. The van der Waals surface area contributed by atoms with Crippen molar-refractivity contribution in [1.82, 2.24) is 15.1 Å². The zero-order valence-corrected chi connectivity index (χ0v) is 11.9. The van der Waals surface area contributed by atoms with E-state index in [0.29, 0.717) is 12.5 Å². The summed E-state index contributed by atoms with van der Waals surface area (Å²) in [6.45, 7) is 3.86. The predicted molar refractivity (Wildman–Crippen MR) is 74.9 cm³/mol. The summed E-state index contributed by atoms with van der Waals surface area (Å²) >= 11 is 1.65. The number of amides is 1. The first-order valence-corrected chi connectivity index (χ1v) is 7.22. The van der Waals surface area contributed by atoms with Crippen LogP contribution in [0.1, 0.15) is 4.88 Å². The maximum atomic E-state index is 12.1. The molecular weight excluding hydrogens is 246 g/mol. The average Bonchev–Trinajstić information content (AvgIpc) is 2.84. The van der Waals surface area contributed by atoms with E-state index >= 15 is 0 Å². The number of nitrogens with one attached hydrogen (secondary N) is 1. The molecular formula is C13H21N3OS. The first kappa shape index (κ1) is 13.5. The molecule has 1 amide bonds. The molecule has 1 aliphatic heterocycles. The van der Waals surface area contributed by atoms with Crippen molar-refractivity contribution in [2.45, 2.75) is 12.5 Å². The first-order chi connectivity index (χ1) is 8.66. The Morgan fingerprint density at radius 3 is 3.17 bits per heavy atom. The zero-order valence-electron chi connectivity index (χ0n) is 11.1. The van der Waals surface area contributed by atoms with Crippen molar-refractivity contribution in [3.63, 3.8) is 0 Å². The molecule has 1 atom stereocenters. The van der Waals surface area contributed by atoms with Gasteiger partial charge in [0, 0.05) is 44.1 Å². The number of piperazine rings is 1. The normalized spacial score (nSPS) is 20.9. The SMILES string of the molecule is CN(CC1CNCCN1C)C(=O)Cc1cccs1. The van der Waals surface area contributed by atoms with Crippen molar-refractivity contribution < 1.29 is 4.79 Å². The highest BCUT2D eigenvalue weighted by atomic mass is 32.1. The number of hydrogen-bond acceptors (Lipinski definition) is 4. The summed E-state index contributed by atoms with van der Waals surface area (Å²) in [6.07, 6.45) is 0.526. The Hall–Kier alpha value is -0.910. The molecule has 0 spiro atoms. The Morgan fingerprint density at radius 2 is 2.50 bits per heavy atom. The molecule has 100 valence electrons. The summed E-state index contributed by atoms with van der Waals surface area (Å²) in [5, 5.41) is 5.39. The van der Waals surface area contributed by atoms with Crippen LogP contribution < -0.4 is 5.32 Å². The molecule has 5 heteroatoms. The minimum atomic E-state index is 0.205. The third-order valence-corrected chi connectivity index (χ3v) is 4.34. The van der Waals surface area contributed by atoms with Crippen LogP contribution in [0, 0.1) is 0 Å². The van der Waals surface area contributed by atoms with Crippen LogP contribution in [0.2, 0.25) is 0 Å². The average molecular weight is 267 g/mol. The minimum absolute atomic E-state index is 0.205. The Kier molecular flexibility index (Phi) is 4.74. The van der Waals surface area contributed by atoms with Gasteiger partial charge in [0.05, 0.1) is 6.42 Å². The molecule has 1 unspecified atom stereocenters. The van der Waals surface area contributed by atoms with Gasteiger partial charge in [0.1, 0.15) is 0 Å². The quantitative estimate of drug-likeness (QED) is 0.870. The largest absolute Gasteiger partial charge is 0.344 e. The smallest absolute Gasteiger partial charge is 0.227 e. The second-order valence-electron chi connectivity index (χ2n) is 4.87. The van der Waals surface area contributed by atoms with Crippen molar-refractivity contribution >= 4 is 17.2 Å². The van der Waals surface area contributed by atoms with E-state index < -0.39 is 0 Å². The lowest BCUT2D eigenvalue weighted by Gasteiger charge is -2.35. The molecule has 1 aromatic heterocycles. The van der Waals surface area contributed by atoms with Gasteiger partial charge in [0.15, 0.2) is 0 Å². The van der Waals surface area contributed by atoms with Gasteiger partial charge in [-0.3, -0.25) is 9.69 Å². The van der Waals surface area contributed by atoms with Crippen molar-refractivity contribution in [2.75, 3.05) is 40.3 Å². The number of likely N-dealkylation sites (N-methyl/N-ethyl adjacent to an activating group) is 2. The number of carbonyl (C=O) groups excluding carboxylic acids is 1. The van der Waals surface area contributed by atoms with Gasteiger partial charge < -0.3 is 10.2 Å². The zero-order chi connectivity index (χ0) is 13.0. The Balaban J connectivity index is 1.83. The van der Waals surface area contributed by atoms with E-state index in [4.69, 9.17) is 0 Å². The number of rotatable bonds is 4. The molecule has 0 saturated carbocycles. The summed E-state index contributed by atoms with van der Waals surface area (Å²) in [6, 6.07) is 4.44. The van der Waals surface area contributed by atoms with Crippen LogP contribution >= 0.6 is 11.3 Å². The van der Waals surface area contributed by atoms with E-state index in [1.165, 1.54) is 0 Å². The fraction of sp³-hybridized carbons (Fsp3) is 0.615. The van der Waals surface area contributed by atoms with Crippen molar-refractivity contribution in [1.29, 1.82) is 0 Å². The number of hydrogen-bond donors (Lipinski definition) is 1. The summed E-state index contributed by atoms with van der Waals surface area (Å²) in [7, 11) is 4.03. The molecule has 4 nitrogen and oxygen atoms in total. The molecule has 1 fully saturated rings. The Bertz CT molecular complexity index is 380. The van der Waals surface area contributed by atoms with E-state index in [1.54, 1.807) is 11.3 Å². The molecule has 0 radical (unpaired) electrons. The molecule has 0 bridgehead atoms. The maximum Gasteiger partial charge on any atom is 0.227 e. The van der Waals surface area contributed by atoms with Gasteiger partial charge in [-0.05, 0) is 18.5 Å². The monoisotopic (exact) mass is 267 g/mol. The third kappa shape index (κ3) is 3.54.